The molecular weight excluding hydrogens is 158 g/mol. The fourth-order valence-corrected chi connectivity index (χ4v) is 1.35. The monoisotopic (exact) mass is 183 g/mol. The molecule has 78 valence electrons. The fraction of sp³-hybridized carbons (Fsp3) is 0.833. The average Bonchev–Trinajstić information content (AvgIpc) is 2.11. The third-order valence-corrected chi connectivity index (χ3v) is 2.72. The summed E-state index contributed by atoms with van der Waals surface area (Å²) < 4.78 is 0. The third-order valence-electron chi connectivity index (χ3n) is 2.72. The lowest BCUT2D eigenvalue weighted by Crippen LogP contribution is -2.26. The Hall–Kier alpha value is -0.300. The molecule has 0 amide bonds. The van der Waals surface area contributed by atoms with Crippen molar-refractivity contribution in [2.75, 3.05) is 14.1 Å². The number of nitrogens with zero attached hydrogens (tertiary/aromatic N) is 1. The zero-order valence-corrected chi connectivity index (χ0v) is 9.88. The summed E-state index contributed by atoms with van der Waals surface area (Å²) in [5.74, 6) is 0.736. The molecule has 13 heavy (non-hydrogen) atoms. The molecule has 2 atom stereocenters. The molecule has 0 fully saturated rings. The SMILES string of the molecule is CCC(C)/C=C\CC(CC)N(C)C. The molecule has 0 heterocycles. The molecule has 1 nitrogen and oxygen atoms in total. The van der Waals surface area contributed by atoms with Gasteiger partial charge in [0.1, 0.15) is 0 Å². The molecule has 2 unspecified atom stereocenters. The van der Waals surface area contributed by atoms with Crippen LogP contribution >= 0.6 is 0 Å². The maximum absolute atomic E-state index is 2.34. The molecule has 0 aromatic carbocycles. The van der Waals surface area contributed by atoms with E-state index in [-0.39, 0.29) is 0 Å². The summed E-state index contributed by atoms with van der Waals surface area (Å²) in [5.41, 5.74) is 0. The van der Waals surface area contributed by atoms with Crippen LogP contribution in [-0.2, 0) is 0 Å². The lowest BCUT2D eigenvalue weighted by Gasteiger charge is -2.21. The number of hydrogen-bond donors (Lipinski definition) is 0. The molecular formula is C12H25N. The van der Waals surface area contributed by atoms with Gasteiger partial charge < -0.3 is 4.90 Å². The van der Waals surface area contributed by atoms with E-state index in [2.05, 4.69) is 51.9 Å². The molecule has 0 aliphatic heterocycles. The van der Waals surface area contributed by atoms with Gasteiger partial charge in [0.15, 0.2) is 0 Å². The highest BCUT2D eigenvalue weighted by atomic mass is 15.1. The number of rotatable bonds is 6. The van der Waals surface area contributed by atoms with E-state index in [1.54, 1.807) is 0 Å². The largest absolute Gasteiger partial charge is 0.306 e. The second-order valence-corrected chi connectivity index (χ2v) is 4.08. The summed E-state index contributed by atoms with van der Waals surface area (Å²) in [7, 11) is 4.32. The Morgan fingerprint density at radius 3 is 2.15 bits per heavy atom. The van der Waals surface area contributed by atoms with Gasteiger partial charge in [0, 0.05) is 6.04 Å². The first-order valence-electron chi connectivity index (χ1n) is 5.44. The van der Waals surface area contributed by atoms with Gasteiger partial charge in [-0.15, -0.1) is 0 Å². The van der Waals surface area contributed by atoms with Crippen LogP contribution < -0.4 is 0 Å². The van der Waals surface area contributed by atoms with Gasteiger partial charge in [-0.3, -0.25) is 0 Å². The first-order valence-corrected chi connectivity index (χ1v) is 5.44. The van der Waals surface area contributed by atoms with E-state index >= 15 is 0 Å². The Bertz CT molecular complexity index is 138. The zero-order chi connectivity index (χ0) is 10.3. The minimum atomic E-state index is 0.709. The van der Waals surface area contributed by atoms with Gasteiger partial charge in [0.25, 0.3) is 0 Å². The van der Waals surface area contributed by atoms with Crippen molar-refractivity contribution in [1.82, 2.24) is 4.90 Å². The van der Waals surface area contributed by atoms with Crippen molar-refractivity contribution in [3.8, 4) is 0 Å². The highest BCUT2D eigenvalue weighted by molar-refractivity contribution is 4.89. The van der Waals surface area contributed by atoms with E-state index in [4.69, 9.17) is 0 Å². The second kappa shape index (κ2) is 7.14. The quantitative estimate of drug-likeness (QED) is 0.571. The minimum Gasteiger partial charge on any atom is -0.306 e. The normalized spacial score (nSPS) is 16.8. The minimum absolute atomic E-state index is 0.709. The van der Waals surface area contributed by atoms with Crippen LogP contribution in [0.2, 0.25) is 0 Å². The topological polar surface area (TPSA) is 3.24 Å². The molecule has 0 saturated carbocycles. The fourth-order valence-electron chi connectivity index (χ4n) is 1.35. The van der Waals surface area contributed by atoms with Gasteiger partial charge in [0.05, 0.1) is 0 Å². The van der Waals surface area contributed by atoms with Crippen LogP contribution in [0, 0.1) is 5.92 Å². The van der Waals surface area contributed by atoms with Gasteiger partial charge in [-0.25, -0.2) is 0 Å². The van der Waals surface area contributed by atoms with Crippen LogP contribution in [0.25, 0.3) is 0 Å². The van der Waals surface area contributed by atoms with Crippen molar-refractivity contribution in [3.63, 3.8) is 0 Å². The highest BCUT2D eigenvalue weighted by Gasteiger charge is 2.05. The number of allylic oxidation sites excluding steroid dienone is 1. The molecule has 0 saturated heterocycles. The van der Waals surface area contributed by atoms with Crippen LogP contribution in [0.4, 0.5) is 0 Å². The van der Waals surface area contributed by atoms with Crippen LogP contribution in [0.15, 0.2) is 12.2 Å². The van der Waals surface area contributed by atoms with E-state index < -0.39 is 0 Å². The predicted octanol–water partition coefficient (Wildman–Crippen LogP) is 3.32. The van der Waals surface area contributed by atoms with Crippen LogP contribution in [0.5, 0.6) is 0 Å². The summed E-state index contributed by atoms with van der Waals surface area (Å²) in [6, 6.07) is 0.709. The lowest BCUT2D eigenvalue weighted by atomic mass is 10.1. The van der Waals surface area contributed by atoms with Crippen molar-refractivity contribution >= 4 is 0 Å². The van der Waals surface area contributed by atoms with E-state index in [1.165, 1.54) is 19.3 Å². The maximum atomic E-state index is 2.34. The van der Waals surface area contributed by atoms with Crippen molar-refractivity contribution in [2.45, 2.75) is 46.1 Å². The smallest absolute Gasteiger partial charge is 0.0121 e. The molecule has 0 rings (SSSR count). The maximum Gasteiger partial charge on any atom is 0.0121 e. The lowest BCUT2D eigenvalue weighted by molar-refractivity contribution is 0.287. The van der Waals surface area contributed by atoms with Gasteiger partial charge in [-0.05, 0) is 32.9 Å². The molecule has 0 aromatic heterocycles. The molecule has 0 radical (unpaired) electrons. The molecule has 0 aromatic rings. The Morgan fingerprint density at radius 2 is 1.77 bits per heavy atom. The van der Waals surface area contributed by atoms with Crippen molar-refractivity contribution in [2.24, 2.45) is 5.92 Å². The summed E-state index contributed by atoms with van der Waals surface area (Å²) in [6.45, 7) is 6.76. The van der Waals surface area contributed by atoms with E-state index in [1.807, 2.05) is 0 Å². The first-order chi connectivity index (χ1) is 6.11. The molecule has 0 spiro atoms. The Kier molecular flexibility index (Phi) is 6.97. The Balaban J connectivity index is 3.77. The standard InChI is InChI=1S/C12H25N/c1-6-11(3)9-8-10-12(7-2)13(4)5/h8-9,11-12H,6-7,10H2,1-5H3/b9-8-. The number of hydrogen-bond acceptors (Lipinski definition) is 1. The van der Waals surface area contributed by atoms with Crippen LogP contribution in [0.3, 0.4) is 0 Å². The highest BCUT2D eigenvalue weighted by Crippen LogP contribution is 2.08. The molecule has 1 heteroatoms. The van der Waals surface area contributed by atoms with Gasteiger partial charge >= 0.3 is 0 Å². The molecule has 0 bridgehead atoms. The Labute approximate surface area is 83.8 Å². The van der Waals surface area contributed by atoms with Gasteiger partial charge in [-0.1, -0.05) is 39.3 Å². The Morgan fingerprint density at radius 1 is 1.15 bits per heavy atom. The summed E-state index contributed by atoms with van der Waals surface area (Å²) in [4.78, 5) is 2.31. The predicted molar refractivity (Wildman–Crippen MR) is 61.0 cm³/mol. The average molecular weight is 183 g/mol. The summed E-state index contributed by atoms with van der Waals surface area (Å²) in [6.07, 6.45) is 8.34. The van der Waals surface area contributed by atoms with Crippen molar-refractivity contribution in [1.29, 1.82) is 0 Å². The van der Waals surface area contributed by atoms with E-state index in [0.717, 1.165) is 5.92 Å². The van der Waals surface area contributed by atoms with Crippen LogP contribution in [-0.4, -0.2) is 25.0 Å². The summed E-state index contributed by atoms with van der Waals surface area (Å²) in [5, 5.41) is 0. The zero-order valence-electron chi connectivity index (χ0n) is 9.88. The van der Waals surface area contributed by atoms with E-state index in [9.17, 15) is 0 Å². The third kappa shape index (κ3) is 5.87. The van der Waals surface area contributed by atoms with Gasteiger partial charge in [0.2, 0.25) is 0 Å². The molecule has 0 N–H and O–H groups in total. The molecule has 0 aliphatic carbocycles. The first kappa shape index (κ1) is 12.7. The van der Waals surface area contributed by atoms with E-state index in [0.29, 0.717) is 6.04 Å². The molecule has 0 aliphatic rings. The van der Waals surface area contributed by atoms with Crippen molar-refractivity contribution < 1.29 is 0 Å². The van der Waals surface area contributed by atoms with Crippen molar-refractivity contribution in [3.05, 3.63) is 12.2 Å². The summed E-state index contributed by atoms with van der Waals surface area (Å²) >= 11 is 0. The van der Waals surface area contributed by atoms with Gasteiger partial charge in [-0.2, -0.15) is 0 Å². The van der Waals surface area contributed by atoms with Crippen LogP contribution in [0.1, 0.15) is 40.0 Å². The second-order valence-electron chi connectivity index (χ2n) is 4.08.